The molecule has 1 N–H and O–H groups in total. The highest BCUT2D eigenvalue weighted by atomic mass is 15.2. The van der Waals surface area contributed by atoms with Gasteiger partial charge in [0.1, 0.15) is 0 Å². The highest BCUT2D eigenvalue weighted by Gasteiger charge is 2.25. The van der Waals surface area contributed by atoms with Gasteiger partial charge in [-0.05, 0) is 50.9 Å². The zero-order valence-electron chi connectivity index (χ0n) is 17.0. The van der Waals surface area contributed by atoms with Crippen LogP contribution >= 0.6 is 0 Å². The number of benzene rings is 2. The van der Waals surface area contributed by atoms with Gasteiger partial charge in [-0.1, -0.05) is 60.7 Å². The van der Waals surface area contributed by atoms with Crippen LogP contribution in [0.3, 0.4) is 0 Å². The van der Waals surface area contributed by atoms with Crippen molar-refractivity contribution >= 4 is 0 Å². The van der Waals surface area contributed by atoms with Gasteiger partial charge in [0, 0.05) is 38.3 Å². The van der Waals surface area contributed by atoms with E-state index < -0.39 is 0 Å². The summed E-state index contributed by atoms with van der Waals surface area (Å²) < 4.78 is 0. The van der Waals surface area contributed by atoms with Crippen LogP contribution in [0, 0.1) is 0 Å². The predicted molar refractivity (Wildman–Crippen MR) is 115 cm³/mol. The summed E-state index contributed by atoms with van der Waals surface area (Å²) >= 11 is 0. The molecule has 0 heterocycles. The maximum absolute atomic E-state index is 3.75. The number of nitrogens with one attached hydrogen (secondary N) is 1. The number of likely N-dealkylation sites (N-methyl/N-ethyl adjacent to an activating group) is 1. The van der Waals surface area contributed by atoms with E-state index >= 15 is 0 Å². The minimum Gasteiger partial charge on any atom is -0.313 e. The zero-order valence-corrected chi connectivity index (χ0v) is 17.0. The Bertz CT molecular complexity index is 592. The van der Waals surface area contributed by atoms with E-state index in [-0.39, 0.29) is 0 Å². The smallest absolute Gasteiger partial charge is 0.0240 e. The molecule has 0 bridgehead atoms. The fraction of sp³-hybridized carbons (Fsp3) is 0.500. The summed E-state index contributed by atoms with van der Waals surface area (Å²) in [6, 6.07) is 23.2. The molecule has 2 aromatic rings. The van der Waals surface area contributed by atoms with E-state index in [0.717, 1.165) is 26.2 Å². The number of hydrogen-bond acceptors (Lipinski definition) is 3. The second-order valence-corrected chi connectivity index (χ2v) is 8.14. The first-order valence-electron chi connectivity index (χ1n) is 10.4. The molecular weight excluding hydrogens is 330 g/mol. The van der Waals surface area contributed by atoms with Crippen molar-refractivity contribution in [1.82, 2.24) is 15.1 Å². The van der Waals surface area contributed by atoms with Crippen molar-refractivity contribution in [2.45, 2.75) is 50.9 Å². The van der Waals surface area contributed by atoms with Crippen LogP contribution in [0.15, 0.2) is 60.7 Å². The topological polar surface area (TPSA) is 18.5 Å². The maximum Gasteiger partial charge on any atom is 0.0240 e. The molecule has 1 aliphatic carbocycles. The zero-order chi connectivity index (χ0) is 18.9. The molecule has 0 radical (unpaired) electrons. The summed E-state index contributed by atoms with van der Waals surface area (Å²) in [4.78, 5) is 4.95. The summed E-state index contributed by atoms with van der Waals surface area (Å²) in [5.74, 6) is 0. The Morgan fingerprint density at radius 1 is 0.778 bits per heavy atom. The molecule has 0 aromatic heterocycles. The molecule has 2 aromatic carbocycles. The molecule has 0 atom stereocenters. The summed E-state index contributed by atoms with van der Waals surface area (Å²) in [5.41, 5.74) is 2.83. The molecule has 1 fully saturated rings. The van der Waals surface area contributed by atoms with Gasteiger partial charge in [0.25, 0.3) is 0 Å². The average molecular weight is 366 g/mol. The van der Waals surface area contributed by atoms with Crippen molar-refractivity contribution in [1.29, 1.82) is 0 Å². The van der Waals surface area contributed by atoms with Crippen molar-refractivity contribution in [3.8, 4) is 0 Å². The van der Waals surface area contributed by atoms with Crippen LogP contribution in [-0.2, 0) is 13.1 Å². The molecule has 0 spiro atoms. The number of rotatable bonds is 9. The van der Waals surface area contributed by atoms with E-state index in [2.05, 4.69) is 89.9 Å². The average Bonchev–Trinajstić information content (AvgIpc) is 2.69. The Kier molecular flexibility index (Phi) is 7.88. The fourth-order valence-electron chi connectivity index (χ4n) is 4.09. The van der Waals surface area contributed by atoms with Crippen LogP contribution in [0.4, 0.5) is 0 Å². The summed E-state index contributed by atoms with van der Waals surface area (Å²) in [6.07, 6.45) is 5.16. The normalized spacial score (nSPS) is 20.3. The minimum atomic E-state index is 0.678. The van der Waals surface area contributed by atoms with Crippen molar-refractivity contribution in [3.63, 3.8) is 0 Å². The lowest BCUT2D eigenvalue weighted by Crippen LogP contribution is -2.43. The molecule has 0 unspecified atom stereocenters. The van der Waals surface area contributed by atoms with Gasteiger partial charge < -0.3 is 10.2 Å². The third-order valence-electron chi connectivity index (χ3n) is 5.66. The van der Waals surface area contributed by atoms with Gasteiger partial charge in [0.15, 0.2) is 0 Å². The van der Waals surface area contributed by atoms with Gasteiger partial charge in [-0.2, -0.15) is 0 Å². The van der Waals surface area contributed by atoms with Crippen LogP contribution in [0.2, 0.25) is 0 Å². The van der Waals surface area contributed by atoms with Gasteiger partial charge >= 0.3 is 0 Å². The Labute approximate surface area is 165 Å². The molecule has 0 amide bonds. The number of hydrogen-bond donors (Lipinski definition) is 1. The van der Waals surface area contributed by atoms with Crippen molar-refractivity contribution in [2.24, 2.45) is 0 Å². The van der Waals surface area contributed by atoms with E-state index in [1.165, 1.54) is 36.8 Å². The van der Waals surface area contributed by atoms with E-state index in [4.69, 9.17) is 0 Å². The lowest BCUT2D eigenvalue weighted by Gasteiger charge is -2.37. The molecule has 27 heavy (non-hydrogen) atoms. The molecular formula is C24H35N3. The van der Waals surface area contributed by atoms with Gasteiger partial charge in [0.2, 0.25) is 0 Å². The molecule has 3 heteroatoms. The van der Waals surface area contributed by atoms with Gasteiger partial charge in [0.05, 0.1) is 0 Å². The SMILES string of the molecule is CN(C)CCNC1CCC(N(Cc2ccccc2)Cc2ccccc2)CC1. The molecule has 1 aliphatic rings. The highest BCUT2D eigenvalue weighted by molar-refractivity contribution is 5.17. The lowest BCUT2D eigenvalue weighted by molar-refractivity contribution is 0.128. The Balaban J connectivity index is 1.58. The maximum atomic E-state index is 3.75. The van der Waals surface area contributed by atoms with E-state index in [0.29, 0.717) is 12.1 Å². The van der Waals surface area contributed by atoms with Gasteiger partial charge in [-0.25, -0.2) is 0 Å². The first-order valence-corrected chi connectivity index (χ1v) is 10.4. The fourth-order valence-corrected chi connectivity index (χ4v) is 4.09. The van der Waals surface area contributed by atoms with Crippen LogP contribution in [0.1, 0.15) is 36.8 Å². The Morgan fingerprint density at radius 3 is 1.78 bits per heavy atom. The highest BCUT2D eigenvalue weighted by Crippen LogP contribution is 2.26. The molecule has 0 aliphatic heterocycles. The largest absolute Gasteiger partial charge is 0.313 e. The van der Waals surface area contributed by atoms with Crippen LogP contribution in [0.25, 0.3) is 0 Å². The summed E-state index contributed by atoms with van der Waals surface area (Å²) in [6.45, 7) is 4.30. The van der Waals surface area contributed by atoms with Gasteiger partial charge in [-0.15, -0.1) is 0 Å². The van der Waals surface area contributed by atoms with Gasteiger partial charge in [-0.3, -0.25) is 4.90 Å². The monoisotopic (exact) mass is 365 g/mol. The molecule has 146 valence electrons. The second kappa shape index (κ2) is 10.6. The lowest BCUT2D eigenvalue weighted by atomic mass is 9.89. The summed E-state index contributed by atoms with van der Waals surface area (Å²) in [7, 11) is 4.28. The van der Waals surface area contributed by atoms with Crippen molar-refractivity contribution in [2.75, 3.05) is 27.2 Å². The first kappa shape index (κ1) is 20.1. The Hall–Kier alpha value is -1.68. The summed E-state index contributed by atoms with van der Waals surface area (Å²) in [5, 5.41) is 3.75. The minimum absolute atomic E-state index is 0.678. The standard InChI is InChI=1S/C24H35N3/c1-26(2)18-17-25-23-13-15-24(16-14-23)27(19-21-9-5-3-6-10-21)20-22-11-7-4-8-12-22/h3-12,23-25H,13-20H2,1-2H3. The Morgan fingerprint density at radius 2 is 1.30 bits per heavy atom. The van der Waals surface area contributed by atoms with Crippen molar-refractivity contribution in [3.05, 3.63) is 71.8 Å². The third-order valence-corrected chi connectivity index (χ3v) is 5.66. The molecule has 3 nitrogen and oxygen atoms in total. The van der Waals surface area contributed by atoms with Crippen LogP contribution in [-0.4, -0.2) is 49.1 Å². The van der Waals surface area contributed by atoms with E-state index in [1.807, 2.05) is 0 Å². The first-order chi connectivity index (χ1) is 13.2. The molecule has 3 rings (SSSR count). The number of nitrogens with zero attached hydrogens (tertiary/aromatic N) is 2. The third kappa shape index (κ3) is 6.76. The van der Waals surface area contributed by atoms with E-state index in [9.17, 15) is 0 Å². The second-order valence-electron chi connectivity index (χ2n) is 8.14. The quantitative estimate of drug-likeness (QED) is 0.720. The van der Waals surface area contributed by atoms with Crippen LogP contribution in [0.5, 0.6) is 0 Å². The molecule has 1 saturated carbocycles. The van der Waals surface area contributed by atoms with Crippen molar-refractivity contribution < 1.29 is 0 Å². The molecule has 0 saturated heterocycles. The van der Waals surface area contributed by atoms with E-state index in [1.54, 1.807) is 0 Å². The predicted octanol–water partition coefficient (Wildman–Crippen LogP) is 4.15. The van der Waals surface area contributed by atoms with Crippen LogP contribution < -0.4 is 5.32 Å².